The van der Waals surface area contributed by atoms with E-state index in [1.807, 2.05) is 0 Å². The van der Waals surface area contributed by atoms with E-state index >= 15 is 0 Å². The van der Waals surface area contributed by atoms with Gasteiger partial charge in [0.25, 0.3) is 0 Å². The molecule has 14 heavy (non-hydrogen) atoms. The van der Waals surface area contributed by atoms with Gasteiger partial charge in [-0.15, -0.1) is 11.8 Å². The first-order valence-electron chi connectivity index (χ1n) is 5.28. The Bertz CT molecular complexity index is 276. The van der Waals surface area contributed by atoms with Crippen molar-refractivity contribution in [2.45, 2.75) is 39.5 Å². The van der Waals surface area contributed by atoms with Gasteiger partial charge in [-0.05, 0) is 29.1 Å². The second-order valence-corrected chi connectivity index (χ2v) is 4.91. The van der Waals surface area contributed by atoms with Crippen molar-refractivity contribution in [3.8, 4) is 0 Å². The SMILES string of the molecule is C=C1CC(SCC)=C(CCCC)C1=O. The van der Waals surface area contributed by atoms with Crippen molar-refractivity contribution >= 4 is 17.5 Å². The van der Waals surface area contributed by atoms with Crippen molar-refractivity contribution in [3.63, 3.8) is 0 Å². The summed E-state index contributed by atoms with van der Waals surface area (Å²) in [5.74, 6) is 1.26. The number of hydrogen-bond acceptors (Lipinski definition) is 2. The maximum Gasteiger partial charge on any atom is 0.185 e. The molecule has 2 heteroatoms. The van der Waals surface area contributed by atoms with Crippen molar-refractivity contribution in [2.75, 3.05) is 5.75 Å². The molecule has 0 radical (unpaired) electrons. The van der Waals surface area contributed by atoms with Crippen molar-refractivity contribution < 1.29 is 4.79 Å². The van der Waals surface area contributed by atoms with Crippen LogP contribution < -0.4 is 0 Å². The summed E-state index contributed by atoms with van der Waals surface area (Å²) in [6, 6.07) is 0. The van der Waals surface area contributed by atoms with Crippen LogP contribution in [0.5, 0.6) is 0 Å². The van der Waals surface area contributed by atoms with Crippen LogP contribution in [0.15, 0.2) is 22.6 Å². The van der Waals surface area contributed by atoms with Crippen molar-refractivity contribution in [3.05, 3.63) is 22.6 Å². The van der Waals surface area contributed by atoms with Crippen LogP contribution in [0.4, 0.5) is 0 Å². The molecule has 0 bridgehead atoms. The standard InChI is InChI=1S/C12H18OS/c1-4-6-7-10-11(14-5-2)8-9(3)12(10)13/h3-8H2,1-2H3. The molecule has 0 aromatic carbocycles. The Morgan fingerprint density at radius 1 is 1.43 bits per heavy atom. The molecule has 0 amide bonds. The van der Waals surface area contributed by atoms with E-state index in [1.165, 1.54) is 4.91 Å². The van der Waals surface area contributed by atoms with Crippen LogP contribution in [0, 0.1) is 0 Å². The lowest BCUT2D eigenvalue weighted by molar-refractivity contribution is -0.112. The van der Waals surface area contributed by atoms with Crippen LogP contribution in [0.1, 0.15) is 39.5 Å². The molecular weight excluding hydrogens is 192 g/mol. The highest BCUT2D eigenvalue weighted by Crippen LogP contribution is 2.36. The smallest absolute Gasteiger partial charge is 0.185 e. The van der Waals surface area contributed by atoms with Gasteiger partial charge in [0.2, 0.25) is 0 Å². The Morgan fingerprint density at radius 2 is 2.14 bits per heavy atom. The molecule has 0 spiro atoms. The van der Waals surface area contributed by atoms with E-state index in [2.05, 4.69) is 20.4 Å². The summed E-state index contributed by atoms with van der Waals surface area (Å²) in [5.41, 5.74) is 1.83. The molecule has 0 saturated carbocycles. The summed E-state index contributed by atoms with van der Waals surface area (Å²) in [4.78, 5) is 13.0. The Kier molecular flexibility index (Phi) is 4.46. The molecule has 0 fully saturated rings. The minimum Gasteiger partial charge on any atom is -0.289 e. The third kappa shape index (κ3) is 2.50. The van der Waals surface area contributed by atoms with E-state index in [0.29, 0.717) is 0 Å². The summed E-state index contributed by atoms with van der Waals surface area (Å²) in [7, 11) is 0. The predicted molar refractivity (Wildman–Crippen MR) is 63.4 cm³/mol. The molecule has 0 aromatic heterocycles. The third-order valence-corrected chi connectivity index (χ3v) is 3.43. The highest BCUT2D eigenvalue weighted by atomic mass is 32.2. The van der Waals surface area contributed by atoms with Gasteiger partial charge in [-0.25, -0.2) is 0 Å². The first-order valence-corrected chi connectivity index (χ1v) is 6.26. The van der Waals surface area contributed by atoms with E-state index in [1.54, 1.807) is 11.8 Å². The summed E-state index contributed by atoms with van der Waals surface area (Å²) in [6.07, 6.45) is 4.00. The fourth-order valence-electron chi connectivity index (χ4n) is 1.64. The molecule has 0 saturated heterocycles. The number of ketones is 1. The lowest BCUT2D eigenvalue weighted by Crippen LogP contribution is -1.98. The minimum absolute atomic E-state index is 0.217. The fraction of sp³-hybridized carbons (Fsp3) is 0.583. The molecular formula is C12H18OS. The van der Waals surface area contributed by atoms with Crippen LogP contribution in [-0.2, 0) is 4.79 Å². The average molecular weight is 210 g/mol. The number of carbonyl (C=O) groups excluding carboxylic acids is 1. The molecule has 0 aromatic rings. The third-order valence-electron chi connectivity index (χ3n) is 2.40. The Hall–Kier alpha value is -0.500. The number of unbranched alkanes of at least 4 members (excludes halogenated alkanes) is 1. The van der Waals surface area contributed by atoms with Crippen molar-refractivity contribution in [1.82, 2.24) is 0 Å². The quantitative estimate of drug-likeness (QED) is 0.643. The van der Waals surface area contributed by atoms with Crippen LogP contribution in [-0.4, -0.2) is 11.5 Å². The Balaban J connectivity index is 2.74. The summed E-state index contributed by atoms with van der Waals surface area (Å²) < 4.78 is 0. The molecule has 0 atom stereocenters. The maximum absolute atomic E-state index is 11.7. The number of rotatable bonds is 5. The van der Waals surface area contributed by atoms with E-state index in [-0.39, 0.29) is 5.78 Å². The lowest BCUT2D eigenvalue weighted by atomic mass is 10.1. The topological polar surface area (TPSA) is 17.1 Å². The van der Waals surface area contributed by atoms with E-state index in [0.717, 1.165) is 42.6 Å². The summed E-state index contributed by atoms with van der Waals surface area (Å²) in [6.45, 7) is 8.10. The van der Waals surface area contributed by atoms with Crippen LogP contribution in [0.2, 0.25) is 0 Å². The van der Waals surface area contributed by atoms with Gasteiger partial charge < -0.3 is 0 Å². The zero-order valence-corrected chi connectivity index (χ0v) is 9.88. The van der Waals surface area contributed by atoms with Crippen molar-refractivity contribution in [1.29, 1.82) is 0 Å². The van der Waals surface area contributed by atoms with Gasteiger partial charge in [0.15, 0.2) is 5.78 Å². The van der Waals surface area contributed by atoms with Crippen LogP contribution in [0.25, 0.3) is 0 Å². The molecule has 1 aliphatic carbocycles. The second-order valence-electron chi connectivity index (χ2n) is 3.55. The monoisotopic (exact) mass is 210 g/mol. The average Bonchev–Trinajstić information content (AvgIpc) is 2.42. The predicted octanol–water partition coefficient (Wildman–Crippen LogP) is 3.71. The minimum atomic E-state index is 0.217. The summed E-state index contributed by atoms with van der Waals surface area (Å²) >= 11 is 1.80. The van der Waals surface area contributed by atoms with Gasteiger partial charge in [-0.3, -0.25) is 4.79 Å². The van der Waals surface area contributed by atoms with E-state index < -0.39 is 0 Å². The van der Waals surface area contributed by atoms with Gasteiger partial charge in [0.1, 0.15) is 0 Å². The first kappa shape index (κ1) is 11.6. The molecule has 1 aliphatic rings. The van der Waals surface area contributed by atoms with Gasteiger partial charge >= 0.3 is 0 Å². The van der Waals surface area contributed by atoms with Crippen molar-refractivity contribution in [2.24, 2.45) is 0 Å². The van der Waals surface area contributed by atoms with Gasteiger partial charge in [-0.2, -0.15) is 0 Å². The normalized spacial score (nSPS) is 17.0. The van der Waals surface area contributed by atoms with Crippen LogP contribution in [0.3, 0.4) is 0 Å². The van der Waals surface area contributed by atoms with Gasteiger partial charge in [0, 0.05) is 12.0 Å². The Morgan fingerprint density at radius 3 is 2.71 bits per heavy atom. The molecule has 1 nitrogen and oxygen atoms in total. The highest BCUT2D eigenvalue weighted by Gasteiger charge is 2.25. The number of thioether (sulfide) groups is 1. The van der Waals surface area contributed by atoms with E-state index in [9.17, 15) is 4.79 Å². The molecule has 1 rings (SSSR count). The largest absolute Gasteiger partial charge is 0.289 e. The fourth-order valence-corrected chi connectivity index (χ4v) is 2.63. The number of allylic oxidation sites excluding steroid dienone is 3. The number of Topliss-reactive ketones (excluding diaryl/α,β-unsaturated/α-hetero) is 1. The molecule has 0 aliphatic heterocycles. The van der Waals surface area contributed by atoms with Gasteiger partial charge in [0.05, 0.1) is 0 Å². The van der Waals surface area contributed by atoms with Gasteiger partial charge in [-0.1, -0.05) is 26.8 Å². The summed E-state index contributed by atoms with van der Waals surface area (Å²) in [5, 5.41) is 0. The molecule has 0 N–H and O–H groups in total. The molecule has 78 valence electrons. The highest BCUT2D eigenvalue weighted by molar-refractivity contribution is 8.03. The first-order chi connectivity index (χ1) is 6.70. The number of carbonyl (C=O) groups is 1. The molecule has 0 heterocycles. The number of hydrogen-bond donors (Lipinski definition) is 0. The zero-order valence-electron chi connectivity index (χ0n) is 9.06. The van der Waals surface area contributed by atoms with E-state index in [4.69, 9.17) is 0 Å². The molecule has 0 unspecified atom stereocenters. The Labute approximate surface area is 90.7 Å². The van der Waals surface area contributed by atoms with Crippen LogP contribution >= 0.6 is 11.8 Å². The maximum atomic E-state index is 11.7. The zero-order chi connectivity index (χ0) is 10.6. The lowest BCUT2D eigenvalue weighted by Gasteiger charge is -2.02. The second kappa shape index (κ2) is 5.40.